The van der Waals surface area contributed by atoms with Gasteiger partial charge in [-0.05, 0) is 32.4 Å². The molecule has 0 unspecified atom stereocenters. The summed E-state index contributed by atoms with van der Waals surface area (Å²) in [6, 6.07) is 0. The number of rotatable bonds is 8. The van der Waals surface area contributed by atoms with Crippen LogP contribution in [0.4, 0.5) is 26.3 Å². The predicted molar refractivity (Wildman–Crippen MR) is 54.2 cm³/mol. The summed E-state index contributed by atoms with van der Waals surface area (Å²) >= 11 is 0. The number of halogens is 6. The monoisotopic (exact) mass is 281 g/mol. The van der Waals surface area contributed by atoms with Crippen molar-refractivity contribution in [1.29, 1.82) is 0 Å². The maximum atomic E-state index is 12.0. The summed E-state index contributed by atoms with van der Waals surface area (Å²) in [5.41, 5.74) is 0. The lowest BCUT2D eigenvalue weighted by atomic mass is 10.3. The zero-order valence-electron chi connectivity index (χ0n) is 10.00. The summed E-state index contributed by atoms with van der Waals surface area (Å²) in [5.74, 6) is 0. The second kappa shape index (κ2) is 7.83. The van der Waals surface area contributed by atoms with Crippen LogP contribution in [0.2, 0.25) is 0 Å². The first kappa shape index (κ1) is 17.5. The Hall–Kier alpha value is -0.500. The van der Waals surface area contributed by atoms with Crippen LogP contribution in [0, 0.1) is 0 Å². The first-order valence-electron chi connectivity index (χ1n) is 5.65. The highest BCUT2D eigenvalue weighted by molar-refractivity contribution is 4.75. The van der Waals surface area contributed by atoms with Gasteiger partial charge in [0, 0.05) is 6.61 Å². The van der Waals surface area contributed by atoms with Crippen molar-refractivity contribution in [2.45, 2.75) is 44.6 Å². The molecular weight excluding hydrogens is 264 g/mol. The molecule has 2 nitrogen and oxygen atoms in total. The van der Waals surface area contributed by atoms with E-state index in [9.17, 15) is 26.3 Å². The van der Waals surface area contributed by atoms with Crippen LogP contribution in [0.25, 0.3) is 0 Å². The van der Waals surface area contributed by atoms with Gasteiger partial charge in [0.05, 0.1) is 0 Å². The molecule has 0 saturated carbocycles. The number of nitrogens with one attached hydrogen (secondary N) is 1. The van der Waals surface area contributed by atoms with Crippen LogP contribution in [0.3, 0.4) is 0 Å². The molecule has 0 aliphatic heterocycles. The zero-order chi connectivity index (χ0) is 14.2. The molecule has 0 fully saturated rings. The molecule has 0 aromatic carbocycles. The molecule has 0 saturated heterocycles. The van der Waals surface area contributed by atoms with Crippen LogP contribution in [0.1, 0.15) is 26.2 Å². The Balaban J connectivity index is 3.86. The molecule has 0 bridgehead atoms. The van der Waals surface area contributed by atoms with Crippen LogP contribution < -0.4 is 5.32 Å². The Labute approximate surface area is 102 Å². The molecule has 1 N–H and O–H groups in total. The molecule has 0 aliphatic carbocycles. The SMILES string of the molecule is CCCNCCCCOC(C(F)(F)F)C(F)(F)F. The van der Waals surface area contributed by atoms with Gasteiger partial charge in [0.2, 0.25) is 6.10 Å². The summed E-state index contributed by atoms with van der Waals surface area (Å²) in [4.78, 5) is 0. The molecule has 0 rings (SSSR count). The van der Waals surface area contributed by atoms with Gasteiger partial charge < -0.3 is 10.1 Å². The van der Waals surface area contributed by atoms with E-state index in [2.05, 4.69) is 10.1 Å². The average molecular weight is 281 g/mol. The molecule has 0 aromatic heterocycles. The van der Waals surface area contributed by atoms with Gasteiger partial charge in [-0.25, -0.2) is 0 Å². The van der Waals surface area contributed by atoms with E-state index >= 15 is 0 Å². The lowest BCUT2D eigenvalue weighted by Gasteiger charge is -2.23. The van der Waals surface area contributed by atoms with E-state index in [1.54, 1.807) is 0 Å². The molecule has 110 valence electrons. The molecule has 0 aromatic rings. The number of hydrogen-bond donors (Lipinski definition) is 1. The van der Waals surface area contributed by atoms with Crippen molar-refractivity contribution < 1.29 is 31.1 Å². The highest BCUT2D eigenvalue weighted by Crippen LogP contribution is 2.35. The number of ether oxygens (including phenoxy) is 1. The second-order valence-corrected chi connectivity index (χ2v) is 3.79. The van der Waals surface area contributed by atoms with Crippen molar-refractivity contribution in [3.05, 3.63) is 0 Å². The fraction of sp³-hybridized carbons (Fsp3) is 1.00. The topological polar surface area (TPSA) is 21.3 Å². The lowest BCUT2D eigenvalue weighted by Crippen LogP contribution is -2.44. The summed E-state index contributed by atoms with van der Waals surface area (Å²) < 4.78 is 76.1. The van der Waals surface area contributed by atoms with Gasteiger partial charge in [-0.3, -0.25) is 0 Å². The Morgan fingerprint density at radius 1 is 0.944 bits per heavy atom. The van der Waals surface area contributed by atoms with Gasteiger partial charge in [0.15, 0.2) is 0 Å². The van der Waals surface area contributed by atoms with Crippen LogP contribution in [-0.4, -0.2) is 38.2 Å². The van der Waals surface area contributed by atoms with Crippen LogP contribution in [-0.2, 0) is 4.74 Å². The maximum absolute atomic E-state index is 12.0. The zero-order valence-corrected chi connectivity index (χ0v) is 10.00. The van der Waals surface area contributed by atoms with Crippen molar-refractivity contribution in [3.8, 4) is 0 Å². The maximum Gasteiger partial charge on any atom is 0.423 e. The summed E-state index contributed by atoms with van der Waals surface area (Å²) in [7, 11) is 0. The van der Waals surface area contributed by atoms with Crippen molar-refractivity contribution in [2.24, 2.45) is 0 Å². The fourth-order valence-electron chi connectivity index (χ4n) is 1.23. The van der Waals surface area contributed by atoms with Crippen LogP contribution in [0.15, 0.2) is 0 Å². The van der Waals surface area contributed by atoms with Crippen molar-refractivity contribution in [1.82, 2.24) is 5.32 Å². The van der Waals surface area contributed by atoms with Gasteiger partial charge in [-0.2, -0.15) is 26.3 Å². The Morgan fingerprint density at radius 2 is 1.50 bits per heavy atom. The largest absolute Gasteiger partial charge is 0.423 e. The minimum atomic E-state index is -5.42. The van der Waals surface area contributed by atoms with E-state index in [-0.39, 0.29) is 6.42 Å². The highest BCUT2D eigenvalue weighted by atomic mass is 19.4. The van der Waals surface area contributed by atoms with Gasteiger partial charge in [-0.15, -0.1) is 0 Å². The first-order valence-corrected chi connectivity index (χ1v) is 5.65. The van der Waals surface area contributed by atoms with Gasteiger partial charge in [-0.1, -0.05) is 6.92 Å². The third-order valence-electron chi connectivity index (χ3n) is 2.05. The highest BCUT2D eigenvalue weighted by Gasteiger charge is 2.57. The Bertz CT molecular complexity index is 201. The number of alkyl halides is 6. The molecule has 0 radical (unpaired) electrons. The summed E-state index contributed by atoms with van der Waals surface area (Å²) in [6.45, 7) is 2.72. The molecule has 0 spiro atoms. The summed E-state index contributed by atoms with van der Waals surface area (Å²) in [6.07, 6.45) is -13.0. The van der Waals surface area contributed by atoms with Gasteiger partial charge in [0.1, 0.15) is 0 Å². The van der Waals surface area contributed by atoms with Crippen molar-refractivity contribution >= 4 is 0 Å². The Morgan fingerprint density at radius 3 is 1.94 bits per heavy atom. The van der Waals surface area contributed by atoms with E-state index in [1.807, 2.05) is 6.92 Å². The molecule has 0 heterocycles. The summed E-state index contributed by atoms with van der Waals surface area (Å²) in [5, 5.41) is 2.98. The minimum absolute atomic E-state index is 0.152. The molecule has 18 heavy (non-hydrogen) atoms. The van der Waals surface area contributed by atoms with Gasteiger partial charge in [0.25, 0.3) is 0 Å². The number of unbranched alkanes of at least 4 members (excludes halogenated alkanes) is 1. The normalized spacial score (nSPS) is 13.3. The fourth-order valence-corrected chi connectivity index (χ4v) is 1.23. The minimum Gasteiger partial charge on any atom is -0.361 e. The molecule has 8 heteroatoms. The van der Waals surface area contributed by atoms with E-state index in [0.717, 1.165) is 13.0 Å². The average Bonchev–Trinajstić information content (AvgIpc) is 2.18. The standard InChI is InChI=1S/C10H17F6NO/c1-2-5-17-6-3-4-7-18-8(9(11,12)13)10(14,15)16/h8,17H,2-7H2,1H3. The van der Waals surface area contributed by atoms with Gasteiger partial charge >= 0.3 is 12.4 Å². The van der Waals surface area contributed by atoms with E-state index in [0.29, 0.717) is 13.0 Å². The van der Waals surface area contributed by atoms with E-state index < -0.39 is 25.1 Å². The molecule has 0 atom stereocenters. The molecular formula is C10H17F6NO. The van der Waals surface area contributed by atoms with Crippen LogP contribution >= 0.6 is 0 Å². The number of hydrogen-bond acceptors (Lipinski definition) is 2. The third-order valence-corrected chi connectivity index (χ3v) is 2.05. The van der Waals surface area contributed by atoms with Crippen molar-refractivity contribution in [2.75, 3.05) is 19.7 Å². The quantitative estimate of drug-likeness (QED) is 0.544. The van der Waals surface area contributed by atoms with Crippen LogP contribution in [0.5, 0.6) is 0 Å². The Kier molecular flexibility index (Phi) is 7.61. The second-order valence-electron chi connectivity index (χ2n) is 3.79. The van der Waals surface area contributed by atoms with Crippen molar-refractivity contribution in [3.63, 3.8) is 0 Å². The first-order chi connectivity index (χ1) is 8.19. The molecule has 0 aliphatic rings. The third kappa shape index (κ3) is 7.75. The molecule has 0 amide bonds. The lowest BCUT2D eigenvalue weighted by molar-refractivity contribution is -0.321. The predicted octanol–water partition coefficient (Wildman–Crippen LogP) is 3.28. The smallest absolute Gasteiger partial charge is 0.361 e. The van der Waals surface area contributed by atoms with E-state index in [1.165, 1.54) is 0 Å². The van der Waals surface area contributed by atoms with E-state index in [4.69, 9.17) is 0 Å².